The van der Waals surface area contributed by atoms with Gasteiger partial charge in [-0.2, -0.15) is 0 Å². The fourth-order valence-electron chi connectivity index (χ4n) is 3.50. The number of benzene rings is 2. The smallest absolute Gasteiger partial charge is 0.277 e. The fourth-order valence-corrected chi connectivity index (χ4v) is 3.50. The van der Waals surface area contributed by atoms with Crippen LogP contribution in [0.5, 0.6) is 23.0 Å². The minimum absolute atomic E-state index is 0.154. The summed E-state index contributed by atoms with van der Waals surface area (Å²) in [7, 11) is 6.25. The number of aromatic nitrogens is 4. The lowest BCUT2D eigenvalue weighted by Gasteiger charge is -2.14. The highest BCUT2D eigenvalue weighted by Crippen LogP contribution is 2.38. The van der Waals surface area contributed by atoms with E-state index in [4.69, 9.17) is 18.9 Å². The number of hydrogen-bond acceptors (Lipinski definition) is 9. The van der Waals surface area contributed by atoms with Crippen molar-refractivity contribution < 1.29 is 23.7 Å². The van der Waals surface area contributed by atoms with Gasteiger partial charge < -0.3 is 29.6 Å². The van der Waals surface area contributed by atoms with E-state index in [0.29, 0.717) is 35.3 Å². The molecule has 2 heterocycles. The number of ether oxygens (including phenoxy) is 4. The van der Waals surface area contributed by atoms with Gasteiger partial charge in [0.1, 0.15) is 5.75 Å². The van der Waals surface area contributed by atoms with Gasteiger partial charge in [0, 0.05) is 11.9 Å². The van der Waals surface area contributed by atoms with E-state index in [9.17, 15) is 4.79 Å². The molecule has 0 saturated carbocycles. The van der Waals surface area contributed by atoms with Crippen molar-refractivity contribution in [3.05, 3.63) is 72.2 Å². The standard InChI is InChI=1S/C25H26N6O5/c1-33-18-9-7-17(8-10-18)27-24-19(6-5-11-26-24)28-25(32)20-15-31(30-29-20)14-16-12-21(34-2)23(36-4)22(13-16)35-3/h5-13,15H,14H2,1-4H3,(H,26,27)(H,28,32). The number of anilines is 3. The molecular weight excluding hydrogens is 464 g/mol. The summed E-state index contributed by atoms with van der Waals surface area (Å²) in [4.78, 5) is 17.2. The van der Waals surface area contributed by atoms with E-state index >= 15 is 0 Å². The maximum atomic E-state index is 12.9. The Hall–Kier alpha value is -4.80. The number of amides is 1. The second-order valence-corrected chi connectivity index (χ2v) is 7.54. The minimum atomic E-state index is -0.420. The number of pyridine rings is 1. The van der Waals surface area contributed by atoms with Crippen molar-refractivity contribution in [2.24, 2.45) is 0 Å². The number of hydrogen-bond donors (Lipinski definition) is 2. The molecule has 0 spiro atoms. The van der Waals surface area contributed by atoms with E-state index in [1.807, 2.05) is 36.4 Å². The molecule has 186 valence electrons. The number of methoxy groups -OCH3 is 4. The van der Waals surface area contributed by atoms with Crippen molar-refractivity contribution in [2.45, 2.75) is 6.54 Å². The molecule has 0 aliphatic rings. The molecule has 0 radical (unpaired) electrons. The third kappa shape index (κ3) is 5.46. The molecule has 0 unspecified atom stereocenters. The average molecular weight is 491 g/mol. The van der Waals surface area contributed by atoms with Crippen LogP contribution >= 0.6 is 0 Å². The Morgan fingerprint density at radius 1 is 0.944 bits per heavy atom. The fraction of sp³-hybridized carbons (Fsp3) is 0.200. The van der Waals surface area contributed by atoms with Crippen LogP contribution in [-0.4, -0.2) is 54.3 Å². The molecule has 4 aromatic rings. The molecule has 1 amide bonds. The maximum Gasteiger partial charge on any atom is 0.277 e. The molecule has 2 aromatic heterocycles. The average Bonchev–Trinajstić information content (AvgIpc) is 3.38. The molecule has 0 aliphatic heterocycles. The van der Waals surface area contributed by atoms with Gasteiger partial charge in [0.15, 0.2) is 23.0 Å². The zero-order valence-corrected chi connectivity index (χ0v) is 20.3. The Labute approximate surface area is 208 Å². The summed E-state index contributed by atoms with van der Waals surface area (Å²) in [5.41, 5.74) is 2.28. The molecular formula is C25H26N6O5. The third-order valence-corrected chi connectivity index (χ3v) is 5.25. The zero-order valence-electron chi connectivity index (χ0n) is 20.3. The topological polar surface area (TPSA) is 122 Å². The molecule has 4 rings (SSSR count). The van der Waals surface area contributed by atoms with Crippen LogP contribution in [0.4, 0.5) is 17.2 Å². The number of nitrogens with zero attached hydrogens (tertiary/aromatic N) is 4. The van der Waals surface area contributed by atoms with Gasteiger partial charge in [-0.1, -0.05) is 5.21 Å². The Balaban J connectivity index is 1.47. The molecule has 2 N–H and O–H groups in total. The van der Waals surface area contributed by atoms with Gasteiger partial charge in [0.05, 0.1) is 46.9 Å². The number of nitrogens with one attached hydrogen (secondary N) is 2. The Morgan fingerprint density at radius 2 is 1.67 bits per heavy atom. The minimum Gasteiger partial charge on any atom is -0.497 e. The summed E-state index contributed by atoms with van der Waals surface area (Å²) in [5.74, 6) is 2.36. The summed E-state index contributed by atoms with van der Waals surface area (Å²) >= 11 is 0. The molecule has 36 heavy (non-hydrogen) atoms. The molecule has 11 heteroatoms. The number of carbonyl (C=O) groups is 1. The van der Waals surface area contributed by atoms with Gasteiger partial charge in [0.25, 0.3) is 5.91 Å². The van der Waals surface area contributed by atoms with Gasteiger partial charge in [0.2, 0.25) is 5.75 Å². The van der Waals surface area contributed by atoms with Crippen LogP contribution in [0.15, 0.2) is 60.9 Å². The van der Waals surface area contributed by atoms with Crippen molar-refractivity contribution >= 4 is 23.1 Å². The van der Waals surface area contributed by atoms with Crippen LogP contribution in [0.2, 0.25) is 0 Å². The first-order valence-electron chi connectivity index (χ1n) is 10.9. The van der Waals surface area contributed by atoms with E-state index in [1.54, 1.807) is 57.6 Å². The van der Waals surface area contributed by atoms with E-state index in [-0.39, 0.29) is 5.69 Å². The van der Waals surface area contributed by atoms with Crippen LogP contribution in [0.3, 0.4) is 0 Å². The van der Waals surface area contributed by atoms with Gasteiger partial charge >= 0.3 is 0 Å². The van der Waals surface area contributed by atoms with E-state index < -0.39 is 5.91 Å². The third-order valence-electron chi connectivity index (χ3n) is 5.25. The summed E-state index contributed by atoms with van der Waals surface area (Å²) < 4.78 is 22.9. The van der Waals surface area contributed by atoms with Gasteiger partial charge in [-0.15, -0.1) is 5.10 Å². The second kappa shape index (κ2) is 11.1. The largest absolute Gasteiger partial charge is 0.497 e. The van der Waals surface area contributed by atoms with Crippen molar-refractivity contribution in [3.63, 3.8) is 0 Å². The number of carbonyl (C=O) groups excluding carboxylic acids is 1. The Morgan fingerprint density at radius 3 is 2.31 bits per heavy atom. The first kappa shape index (κ1) is 24.3. The second-order valence-electron chi connectivity index (χ2n) is 7.54. The Bertz CT molecular complexity index is 1310. The molecule has 11 nitrogen and oxygen atoms in total. The summed E-state index contributed by atoms with van der Waals surface area (Å²) in [6, 6.07) is 14.5. The first-order chi connectivity index (χ1) is 17.5. The van der Waals surface area contributed by atoms with Gasteiger partial charge in [-0.25, -0.2) is 9.67 Å². The highest BCUT2D eigenvalue weighted by molar-refractivity contribution is 6.04. The lowest BCUT2D eigenvalue weighted by atomic mass is 10.2. The SMILES string of the molecule is COc1ccc(Nc2ncccc2NC(=O)c2cn(Cc3cc(OC)c(OC)c(OC)c3)nn2)cc1. The predicted octanol–water partition coefficient (Wildman–Crippen LogP) is 3.75. The molecule has 0 aliphatic carbocycles. The molecule has 0 saturated heterocycles. The normalized spacial score (nSPS) is 10.4. The van der Waals surface area contributed by atoms with Crippen LogP contribution in [0.1, 0.15) is 16.1 Å². The summed E-state index contributed by atoms with van der Waals surface area (Å²) in [6.07, 6.45) is 3.20. The van der Waals surface area contributed by atoms with Crippen molar-refractivity contribution in [2.75, 3.05) is 39.1 Å². The lowest BCUT2D eigenvalue weighted by molar-refractivity contribution is 0.102. The van der Waals surface area contributed by atoms with Crippen molar-refractivity contribution in [3.8, 4) is 23.0 Å². The van der Waals surface area contributed by atoms with Gasteiger partial charge in [-0.05, 0) is 54.1 Å². The highest BCUT2D eigenvalue weighted by Gasteiger charge is 2.16. The lowest BCUT2D eigenvalue weighted by Crippen LogP contribution is -2.14. The monoisotopic (exact) mass is 490 g/mol. The van der Waals surface area contributed by atoms with Crippen molar-refractivity contribution in [1.82, 2.24) is 20.0 Å². The zero-order chi connectivity index (χ0) is 25.5. The molecule has 0 fully saturated rings. The Kier molecular flexibility index (Phi) is 7.49. The first-order valence-corrected chi connectivity index (χ1v) is 10.9. The van der Waals surface area contributed by atoms with Crippen LogP contribution in [0, 0.1) is 0 Å². The van der Waals surface area contributed by atoms with Crippen LogP contribution < -0.4 is 29.6 Å². The van der Waals surface area contributed by atoms with E-state index in [1.165, 1.54) is 0 Å². The van der Waals surface area contributed by atoms with Crippen molar-refractivity contribution in [1.29, 1.82) is 0 Å². The van der Waals surface area contributed by atoms with Crippen LogP contribution in [0.25, 0.3) is 0 Å². The summed E-state index contributed by atoms with van der Waals surface area (Å²) in [6.45, 7) is 0.341. The predicted molar refractivity (Wildman–Crippen MR) is 134 cm³/mol. The molecule has 0 bridgehead atoms. The van der Waals surface area contributed by atoms with Gasteiger partial charge in [-0.3, -0.25) is 4.79 Å². The highest BCUT2D eigenvalue weighted by atomic mass is 16.5. The maximum absolute atomic E-state index is 12.9. The molecule has 0 atom stereocenters. The molecule has 2 aromatic carbocycles. The van der Waals surface area contributed by atoms with E-state index in [0.717, 1.165) is 17.0 Å². The quantitative estimate of drug-likeness (QED) is 0.342. The van der Waals surface area contributed by atoms with E-state index in [2.05, 4.69) is 25.9 Å². The summed E-state index contributed by atoms with van der Waals surface area (Å²) in [5, 5.41) is 14.1. The number of rotatable bonds is 10. The van der Waals surface area contributed by atoms with Crippen LogP contribution in [-0.2, 0) is 6.54 Å².